The molecule has 1 aliphatic rings. The molecule has 0 radical (unpaired) electrons. The first kappa shape index (κ1) is 21.1. The highest BCUT2D eigenvalue weighted by Gasteiger charge is 2.42. The molecular weight excluding hydrogens is 391 g/mol. The van der Waals surface area contributed by atoms with Crippen LogP contribution in [0.2, 0.25) is 5.02 Å². The number of ether oxygens (including phenoxy) is 1. The number of hydrogen-bond donors (Lipinski definition) is 0. The minimum atomic E-state index is -1.02. The number of hydrogen-bond acceptors (Lipinski definition) is 4. The van der Waals surface area contributed by atoms with Gasteiger partial charge in [0.2, 0.25) is 11.8 Å². The van der Waals surface area contributed by atoms with Crippen LogP contribution in [0.25, 0.3) is 0 Å². The van der Waals surface area contributed by atoms with Crippen LogP contribution in [0.4, 0.5) is 0 Å². The van der Waals surface area contributed by atoms with Crippen LogP contribution in [-0.2, 0) is 25.5 Å². The summed E-state index contributed by atoms with van der Waals surface area (Å²) in [5.41, 5.74) is 0.118. The van der Waals surface area contributed by atoms with E-state index in [0.717, 1.165) is 5.56 Å². The third kappa shape index (κ3) is 5.38. The van der Waals surface area contributed by atoms with E-state index in [1.54, 1.807) is 31.2 Å². The number of benzene rings is 1. The van der Waals surface area contributed by atoms with Crippen LogP contribution in [0.5, 0.6) is 0 Å². The normalized spacial score (nSPS) is 18.2. The van der Waals surface area contributed by atoms with E-state index in [2.05, 4.69) is 5.92 Å². The van der Waals surface area contributed by atoms with Gasteiger partial charge in [-0.2, -0.15) is 0 Å². The number of terminal acetylenes is 1. The number of amides is 2. The summed E-state index contributed by atoms with van der Waals surface area (Å²) < 4.78 is 4.91. The molecule has 1 aromatic carbocycles. The fourth-order valence-electron chi connectivity index (χ4n) is 2.85. The van der Waals surface area contributed by atoms with Gasteiger partial charge in [-0.25, -0.2) is 0 Å². The number of halogens is 2. The number of rotatable bonds is 7. The molecular formula is C19H20Cl2N2O4. The molecule has 27 heavy (non-hydrogen) atoms. The molecule has 2 amide bonds. The molecule has 2 rings (SSSR count). The van der Waals surface area contributed by atoms with Crippen molar-refractivity contribution in [2.24, 2.45) is 0 Å². The van der Waals surface area contributed by atoms with E-state index >= 15 is 0 Å². The van der Waals surface area contributed by atoms with Gasteiger partial charge in [0.1, 0.15) is 18.1 Å². The average molecular weight is 411 g/mol. The molecule has 1 fully saturated rings. The summed E-state index contributed by atoms with van der Waals surface area (Å²) >= 11 is 12.3. The standard InChI is InChI=1S/C19H20Cl2N2O4/c1-3-9-22-15(11-18(25)27-4-2)19(26)23(12-17(22)24)16(21)10-13-5-7-14(20)8-6-13/h1,5-8,15-16H,4,9-12H2,2H3. The van der Waals surface area contributed by atoms with E-state index in [1.165, 1.54) is 9.80 Å². The molecule has 144 valence electrons. The van der Waals surface area contributed by atoms with Crippen molar-refractivity contribution < 1.29 is 19.1 Å². The Morgan fingerprint density at radius 3 is 2.63 bits per heavy atom. The van der Waals surface area contributed by atoms with Gasteiger partial charge in [-0.05, 0) is 24.6 Å². The molecule has 1 aromatic rings. The number of nitrogens with zero attached hydrogens (tertiary/aromatic N) is 2. The first-order chi connectivity index (χ1) is 12.9. The lowest BCUT2D eigenvalue weighted by Gasteiger charge is -2.40. The molecule has 0 aromatic heterocycles. The van der Waals surface area contributed by atoms with E-state index in [4.69, 9.17) is 34.4 Å². The highest BCUT2D eigenvalue weighted by atomic mass is 35.5. The van der Waals surface area contributed by atoms with Gasteiger partial charge >= 0.3 is 5.97 Å². The zero-order valence-corrected chi connectivity index (χ0v) is 16.4. The Morgan fingerprint density at radius 1 is 1.37 bits per heavy atom. The largest absolute Gasteiger partial charge is 0.466 e. The first-order valence-electron chi connectivity index (χ1n) is 8.44. The van der Waals surface area contributed by atoms with Crippen LogP contribution in [0.1, 0.15) is 18.9 Å². The van der Waals surface area contributed by atoms with Gasteiger partial charge in [-0.1, -0.05) is 41.3 Å². The van der Waals surface area contributed by atoms with Crippen LogP contribution >= 0.6 is 23.2 Å². The fourth-order valence-corrected chi connectivity index (χ4v) is 3.32. The molecule has 1 saturated heterocycles. The van der Waals surface area contributed by atoms with E-state index < -0.39 is 23.4 Å². The maximum atomic E-state index is 12.9. The van der Waals surface area contributed by atoms with Gasteiger partial charge in [0.15, 0.2) is 0 Å². The van der Waals surface area contributed by atoms with E-state index in [-0.39, 0.29) is 32.0 Å². The Morgan fingerprint density at radius 2 is 2.04 bits per heavy atom. The van der Waals surface area contributed by atoms with Crippen molar-refractivity contribution in [2.75, 3.05) is 19.7 Å². The molecule has 0 aliphatic carbocycles. The van der Waals surface area contributed by atoms with Crippen molar-refractivity contribution in [2.45, 2.75) is 31.3 Å². The third-order valence-electron chi connectivity index (χ3n) is 4.15. The Kier molecular flexibility index (Phi) is 7.52. The monoisotopic (exact) mass is 410 g/mol. The topological polar surface area (TPSA) is 66.9 Å². The minimum Gasteiger partial charge on any atom is -0.466 e. The Bertz CT molecular complexity index is 745. The SMILES string of the molecule is C#CCN1C(=O)CN(C(Cl)Cc2ccc(Cl)cc2)C(=O)C1CC(=O)OCC. The third-order valence-corrected chi connectivity index (χ3v) is 4.79. The smallest absolute Gasteiger partial charge is 0.308 e. The summed E-state index contributed by atoms with van der Waals surface area (Å²) in [4.78, 5) is 39.8. The lowest BCUT2D eigenvalue weighted by atomic mass is 10.1. The number of piperazine rings is 1. The average Bonchev–Trinajstić information content (AvgIpc) is 2.63. The lowest BCUT2D eigenvalue weighted by molar-refractivity contribution is -0.160. The van der Waals surface area contributed by atoms with Crippen molar-refractivity contribution in [1.82, 2.24) is 9.80 Å². The lowest BCUT2D eigenvalue weighted by Crippen LogP contribution is -2.62. The number of alkyl halides is 1. The predicted octanol–water partition coefficient (Wildman–Crippen LogP) is 2.07. The summed E-state index contributed by atoms with van der Waals surface area (Å²) in [5, 5.41) is 0.591. The zero-order chi connectivity index (χ0) is 20.0. The Hall–Kier alpha value is -2.23. The molecule has 1 heterocycles. The van der Waals surface area contributed by atoms with Gasteiger partial charge in [-0.3, -0.25) is 14.4 Å². The van der Waals surface area contributed by atoms with Gasteiger partial charge in [-0.15, -0.1) is 6.42 Å². The highest BCUT2D eigenvalue weighted by Crippen LogP contribution is 2.22. The zero-order valence-electron chi connectivity index (χ0n) is 14.9. The second-order valence-electron chi connectivity index (χ2n) is 5.98. The predicted molar refractivity (Wildman–Crippen MR) is 102 cm³/mol. The quantitative estimate of drug-likeness (QED) is 0.298. The summed E-state index contributed by atoms with van der Waals surface area (Å²) in [6, 6.07) is 6.03. The molecule has 8 heteroatoms. The van der Waals surface area contributed by atoms with Crippen molar-refractivity contribution >= 4 is 41.0 Å². The van der Waals surface area contributed by atoms with Crippen LogP contribution in [0.15, 0.2) is 24.3 Å². The molecule has 2 unspecified atom stereocenters. The molecule has 0 N–H and O–H groups in total. The van der Waals surface area contributed by atoms with E-state index in [9.17, 15) is 14.4 Å². The van der Waals surface area contributed by atoms with Gasteiger partial charge in [0.05, 0.1) is 19.6 Å². The first-order valence-corrected chi connectivity index (χ1v) is 9.26. The Balaban J connectivity index is 2.18. The van der Waals surface area contributed by atoms with Crippen molar-refractivity contribution in [3.63, 3.8) is 0 Å². The summed E-state index contributed by atoms with van der Waals surface area (Å²) in [7, 11) is 0. The van der Waals surface area contributed by atoms with E-state index in [0.29, 0.717) is 11.4 Å². The number of carbonyl (C=O) groups is 3. The second kappa shape index (κ2) is 9.63. The maximum absolute atomic E-state index is 12.9. The fraction of sp³-hybridized carbons (Fsp3) is 0.421. The van der Waals surface area contributed by atoms with Crippen LogP contribution < -0.4 is 0 Å². The summed E-state index contributed by atoms with van der Waals surface area (Å²) in [5.74, 6) is 0.995. The molecule has 0 spiro atoms. The Labute approximate surface area is 168 Å². The van der Waals surface area contributed by atoms with Gasteiger partial charge in [0.25, 0.3) is 0 Å². The van der Waals surface area contributed by atoms with Crippen molar-refractivity contribution in [3.05, 3.63) is 34.9 Å². The van der Waals surface area contributed by atoms with Gasteiger partial charge in [0, 0.05) is 11.4 Å². The molecule has 0 bridgehead atoms. The minimum absolute atomic E-state index is 0.0629. The maximum Gasteiger partial charge on any atom is 0.308 e. The molecule has 6 nitrogen and oxygen atoms in total. The molecule has 1 aliphatic heterocycles. The molecule has 2 atom stereocenters. The summed E-state index contributed by atoms with van der Waals surface area (Å²) in [6.45, 7) is 1.59. The van der Waals surface area contributed by atoms with Crippen molar-refractivity contribution in [1.29, 1.82) is 0 Å². The highest BCUT2D eigenvalue weighted by molar-refractivity contribution is 6.30. The number of carbonyl (C=O) groups excluding carboxylic acids is 3. The molecule has 0 saturated carbocycles. The van der Waals surface area contributed by atoms with Crippen molar-refractivity contribution in [3.8, 4) is 12.3 Å². The van der Waals surface area contributed by atoms with Crippen LogP contribution in [0.3, 0.4) is 0 Å². The number of esters is 1. The second-order valence-corrected chi connectivity index (χ2v) is 6.92. The van der Waals surface area contributed by atoms with E-state index in [1.807, 2.05) is 0 Å². The summed E-state index contributed by atoms with van der Waals surface area (Å²) in [6.07, 6.45) is 5.38. The van der Waals surface area contributed by atoms with Gasteiger partial charge < -0.3 is 14.5 Å². The van der Waals surface area contributed by atoms with Crippen LogP contribution in [-0.4, -0.2) is 58.8 Å². The van der Waals surface area contributed by atoms with Crippen LogP contribution in [0, 0.1) is 12.3 Å².